The van der Waals surface area contributed by atoms with Gasteiger partial charge in [-0.1, -0.05) is 41.4 Å². The average Bonchev–Trinajstić information content (AvgIpc) is 2.92. The maximum absolute atomic E-state index is 13.3. The fourth-order valence-electron chi connectivity index (χ4n) is 3.59. The third-order valence-corrected chi connectivity index (χ3v) is 5.55. The first kappa shape index (κ1) is 19.4. The Morgan fingerprint density at radius 3 is 2.61 bits per heavy atom. The first-order valence-electron chi connectivity index (χ1n) is 9.76. The Labute approximate surface area is 173 Å². The molecule has 0 atom stereocenters. The lowest BCUT2D eigenvalue weighted by Crippen LogP contribution is -2.47. The van der Waals surface area contributed by atoms with E-state index in [-0.39, 0.29) is 5.91 Å². The molecule has 28 heavy (non-hydrogen) atoms. The van der Waals surface area contributed by atoms with Gasteiger partial charge in [-0.2, -0.15) is 0 Å². The summed E-state index contributed by atoms with van der Waals surface area (Å²) in [5.74, 6) is -0.631. The minimum atomic E-state index is -1.32. The molecule has 0 bridgehead atoms. The normalized spacial score (nSPS) is 17.8. The van der Waals surface area contributed by atoms with Crippen LogP contribution in [0.3, 0.4) is 0 Å². The lowest BCUT2D eigenvalue weighted by Gasteiger charge is -2.32. The molecule has 1 saturated heterocycles. The number of ether oxygens (including phenoxy) is 3. The Morgan fingerprint density at radius 2 is 1.89 bits per heavy atom. The van der Waals surface area contributed by atoms with Crippen LogP contribution in [-0.4, -0.2) is 25.7 Å². The van der Waals surface area contributed by atoms with Gasteiger partial charge >= 0.3 is 0 Å². The zero-order valence-electron chi connectivity index (χ0n) is 15.9. The van der Waals surface area contributed by atoms with Crippen molar-refractivity contribution in [1.29, 1.82) is 0 Å². The van der Waals surface area contributed by atoms with Gasteiger partial charge in [-0.3, -0.25) is 4.79 Å². The van der Waals surface area contributed by atoms with Gasteiger partial charge in [0.15, 0.2) is 0 Å². The van der Waals surface area contributed by atoms with Gasteiger partial charge in [0.1, 0.15) is 5.75 Å². The van der Waals surface area contributed by atoms with Crippen LogP contribution in [0.1, 0.15) is 37.3 Å². The number of halogens is 1. The zero-order chi connectivity index (χ0) is 19.6. The van der Waals surface area contributed by atoms with Crippen LogP contribution in [-0.2, 0) is 26.6 Å². The van der Waals surface area contributed by atoms with Crippen LogP contribution in [0.2, 0.25) is 0 Å². The van der Waals surface area contributed by atoms with Crippen LogP contribution in [0, 0.1) is 0 Å². The van der Waals surface area contributed by atoms with Crippen molar-refractivity contribution in [2.24, 2.45) is 0 Å². The monoisotopic (exact) mass is 445 g/mol. The first-order valence-corrected chi connectivity index (χ1v) is 10.5. The summed E-state index contributed by atoms with van der Waals surface area (Å²) in [6.07, 6.45) is 2.94. The Kier molecular flexibility index (Phi) is 5.71. The molecule has 2 heterocycles. The summed E-state index contributed by atoms with van der Waals surface area (Å²) in [7, 11) is 0. The summed E-state index contributed by atoms with van der Waals surface area (Å²) in [5, 5.41) is 0. The molecule has 1 spiro atoms. The van der Waals surface area contributed by atoms with Crippen molar-refractivity contribution in [3.05, 3.63) is 58.1 Å². The molecule has 0 radical (unpaired) electrons. The molecular weight excluding hydrogens is 422 g/mol. The van der Waals surface area contributed by atoms with Gasteiger partial charge in [0.2, 0.25) is 0 Å². The van der Waals surface area contributed by atoms with E-state index < -0.39 is 5.79 Å². The van der Waals surface area contributed by atoms with Gasteiger partial charge in [0.25, 0.3) is 11.7 Å². The third-order valence-electron chi connectivity index (χ3n) is 5.06. The predicted molar refractivity (Wildman–Crippen MR) is 110 cm³/mol. The Bertz CT molecular complexity index is 846. The van der Waals surface area contributed by atoms with Crippen LogP contribution in [0.5, 0.6) is 5.75 Å². The molecule has 2 aromatic carbocycles. The predicted octanol–water partition coefficient (Wildman–Crippen LogP) is 4.76. The van der Waals surface area contributed by atoms with E-state index in [0.717, 1.165) is 52.9 Å². The van der Waals surface area contributed by atoms with E-state index in [9.17, 15) is 4.79 Å². The van der Waals surface area contributed by atoms with Crippen LogP contribution in [0.4, 0.5) is 5.69 Å². The number of unbranched alkanes of at least 4 members (excludes halogenated alkanes) is 1. The van der Waals surface area contributed by atoms with E-state index >= 15 is 0 Å². The number of anilines is 1. The number of carbonyl (C=O) groups excluding carboxylic acids is 1. The molecule has 4 rings (SSSR count). The molecule has 0 saturated carbocycles. The van der Waals surface area contributed by atoms with E-state index in [1.807, 2.05) is 42.5 Å². The highest BCUT2D eigenvalue weighted by atomic mass is 79.9. The highest BCUT2D eigenvalue weighted by molar-refractivity contribution is 9.10. The molecule has 148 valence electrons. The molecule has 6 heteroatoms. The summed E-state index contributed by atoms with van der Waals surface area (Å²) in [6, 6.07) is 13.7. The minimum absolute atomic E-state index is 0.163. The van der Waals surface area contributed by atoms with E-state index in [0.29, 0.717) is 19.8 Å². The molecule has 2 aromatic rings. The lowest BCUT2D eigenvalue weighted by atomic mass is 10.1. The van der Waals surface area contributed by atoms with Gasteiger partial charge in [-0.05, 0) is 48.7 Å². The van der Waals surface area contributed by atoms with Crippen molar-refractivity contribution in [2.45, 2.75) is 38.5 Å². The number of hydrogen-bond acceptors (Lipinski definition) is 4. The number of carbonyl (C=O) groups is 1. The SMILES string of the molecule is CCCCOc1ccc(CN2C(=O)C3(OCCCO3)c3cc(Br)ccc32)cc1. The molecular formula is C22H24BrNO4. The summed E-state index contributed by atoms with van der Waals surface area (Å²) in [6.45, 7) is 4.34. The second kappa shape index (κ2) is 8.23. The maximum Gasteiger partial charge on any atom is 0.292 e. The smallest absolute Gasteiger partial charge is 0.292 e. The maximum atomic E-state index is 13.3. The van der Waals surface area contributed by atoms with Gasteiger partial charge < -0.3 is 19.1 Å². The van der Waals surface area contributed by atoms with Crippen LogP contribution >= 0.6 is 15.9 Å². The first-order chi connectivity index (χ1) is 13.6. The fourth-order valence-corrected chi connectivity index (χ4v) is 3.95. The quantitative estimate of drug-likeness (QED) is 0.601. The molecule has 0 aliphatic carbocycles. The summed E-state index contributed by atoms with van der Waals surface area (Å²) < 4.78 is 18.4. The van der Waals surface area contributed by atoms with Crippen molar-refractivity contribution in [1.82, 2.24) is 0 Å². The van der Waals surface area contributed by atoms with E-state index in [1.165, 1.54) is 0 Å². The highest BCUT2D eigenvalue weighted by Crippen LogP contribution is 2.46. The molecule has 2 aliphatic heterocycles. The largest absolute Gasteiger partial charge is 0.494 e. The number of nitrogens with zero attached hydrogens (tertiary/aromatic N) is 1. The van der Waals surface area contributed by atoms with Crippen LogP contribution in [0.15, 0.2) is 46.9 Å². The van der Waals surface area contributed by atoms with Gasteiger partial charge in [0, 0.05) is 10.0 Å². The fraction of sp³-hybridized carbons (Fsp3) is 0.409. The Morgan fingerprint density at radius 1 is 1.14 bits per heavy atom. The van der Waals surface area contributed by atoms with Crippen molar-refractivity contribution < 1.29 is 19.0 Å². The van der Waals surface area contributed by atoms with Crippen molar-refractivity contribution in [2.75, 3.05) is 24.7 Å². The molecule has 0 unspecified atom stereocenters. The van der Waals surface area contributed by atoms with E-state index in [1.54, 1.807) is 4.90 Å². The van der Waals surface area contributed by atoms with Gasteiger partial charge in [0.05, 0.1) is 32.1 Å². The zero-order valence-corrected chi connectivity index (χ0v) is 17.5. The summed E-state index contributed by atoms with van der Waals surface area (Å²) in [5.41, 5.74) is 2.63. The summed E-state index contributed by atoms with van der Waals surface area (Å²) >= 11 is 3.50. The Hall–Kier alpha value is -1.89. The standard InChI is InChI=1S/C22H24BrNO4/c1-2-3-11-26-18-8-5-16(6-9-18)15-24-20-10-7-17(23)14-19(20)22(21(24)25)27-12-4-13-28-22/h5-10,14H,2-4,11-13,15H2,1H3. The molecule has 0 N–H and O–H groups in total. The van der Waals surface area contributed by atoms with Gasteiger partial charge in [-0.25, -0.2) is 0 Å². The van der Waals surface area contributed by atoms with E-state index in [4.69, 9.17) is 14.2 Å². The third kappa shape index (κ3) is 3.56. The van der Waals surface area contributed by atoms with Crippen LogP contribution in [0.25, 0.3) is 0 Å². The number of hydrogen-bond donors (Lipinski definition) is 0. The molecule has 2 aliphatic rings. The lowest BCUT2D eigenvalue weighted by molar-refractivity contribution is -0.256. The van der Waals surface area contributed by atoms with E-state index in [2.05, 4.69) is 22.9 Å². The van der Waals surface area contributed by atoms with Gasteiger partial charge in [-0.15, -0.1) is 0 Å². The molecule has 1 amide bonds. The molecule has 0 aromatic heterocycles. The number of benzene rings is 2. The van der Waals surface area contributed by atoms with Crippen LogP contribution < -0.4 is 9.64 Å². The number of fused-ring (bicyclic) bond motifs is 2. The topological polar surface area (TPSA) is 48.0 Å². The average molecular weight is 446 g/mol. The number of rotatable bonds is 6. The van der Waals surface area contributed by atoms with Crippen molar-refractivity contribution >= 4 is 27.5 Å². The number of amides is 1. The summed E-state index contributed by atoms with van der Waals surface area (Å²) in [4.78, 5) is 15.1. The second-order valence-corrected chi connectivity index (χ2v) is 7.98. The van der Waals surface area contributed by atoms with Crippen molar-refractivity contribution in [3.8, 4) is 5.75 Å². The molecule has 5 nitrogen and oxygen atoms in total. The second-order valence-electron chi connectivity index (χ2n) is 7.07. The Balaban J connectivity index is 1.57. The van der Waals surface area contributed by atoms with Crippen molar-refractivity contribution in [3.63, 3.8) is 0 Å². The highest BCUT2D eigenvalue weighted by Gasteiger charge is 2.54. The molecule has 1 fully saturated rings. The minimum Gasteiger partial charge on any atom is -0.494 e.